The van der Waals surface area contributed by atoms with E-state index in [4.69, 9.17) is 10.8 Å². The van der Waals surface area contributed by atoms with Crippen molar-refractivity contribution in [2.75, 3.05) is 6.26 Å². The van der Waals surface area contributed by atoms with Crippen LogP contribution >= 0.6 is 11.8 Å². The van der Waals surface area contributed by atoms with E-state index in [1.54, 1.807) is 11.8 Å². The van der Waals surface area contributed by atoms with Gasteiger partial charge in [-0.2, -0.15) is 0 Å². The highest BCUT2D eigenvalue weighted by molar-refractivity contribution is 7.98. The van der Waals surface area contributed by atoms with Crippen molar-refractivity contribution in [1.29, 1.82) is 0 Å². The molecule has 0 aliphatic carbocycles. The first-order valence-corrected chi connectivity index (χ1v) is 5.47. The predicted octanol–water partition coefficient (Wildman–Crippen LogP) is 1.36. The second-order valence-corrected chi connectivity index (χ2v) is 3.88. The van der Waals surface area contributed by atoms with Gasteiger partial charge in [0.05, 0.1) is 0 Å². The van der Waals surface area contributed by atoms with Crippen LogP contribution in [0.2, 0.25) is 0 Å². The lowest BCUT2D eigenvalue weighted by Crippen LogP contribution is -2.32. The molecule has 0 unspecified atom stereocenters. The quantitative estimate of drug-likeness (QED) is 0.738. The Morgan fingerprint density at radius 1 is 1.50 bits per heavy atom. The summed E-state index contributed by atoms with van der Waals surface area (Å²) in [4.78, 5) is 11.7. The average molecular weight is 211 g/mol. The van der Waals surface area contributed by atoms with Crippen LogP contribution in [0.4, 0.5) is 0 Å². The normalized spacial score (nSPS) is 12.4. The number of carbonyl (C=O) groups is 1. The summed E-state index contributed by atoms with van der Waals surface area (Å²) in [7, 11) is 0. The van der Waals surface area contributed by atoms with E-state index in [0.29, 0.717) is 6.42 Å². The molecule has 3 N–H and O–H groups in total. The summed E-state index contributed by atoms with van der Waals surface area (Å²) in [6.45, 7) is 0. The van der Waals surface area contributed by atoms with Gasteiger partial charge in [-0.25, -0.2) is 0 Å². The van der Waals surface area contributed by atoms with Gasteiger partial charge in [-0.3, -0.25) is 4.79 Å². The number of rotatable bonds is 4. The number of carboxylic acids is 1. The first kappa shape index (κ1) is 11.1. The number of benzene rings is 1. The summed E-state index contributed by atoms with van der Waals surface area (Å²) in [5, 5.41) is 8.61. The molecule has 0 heterocycles. The fourth-order valence-electron chi connectivity index (χ4n) is 1.10. The second kappa shape index (κ2) is 5.02. The highest BCUT2D eigenvalue weighted by Crippen LogP contribution is 2.15. The summed E-state index contributed by atoms with van der Waals surface area (Å²) < 4.78 is 0. The summed E-state index contributed by atoms with van der Waals surface area (Å²) in [5.74, 6) is -0.959. The van der Waals surface area contributed by atoms with Crippen molar-refractivity contribution >= 4 is 17.7 Å². The van der Waals surface area contributed by atoms with Crippen LogP contribution in [-0.4, -0.2) is 23.4 Å². The molecule has 0 saturated heterocycles. The van der Waals surface area contributed by atoms with Gasteiger partial charge in [0.1, 0.15) is 6.04 Å². The molecule has 0 radical (unpaired) electrons. The Morgan fingerprint density at radius 2 is 2.07 bits per heavy atom. The first-order valence-electron chi connectivity index (χ1n) is 4.25. The number of aliphatic carboxylic acids is 1. The Morgan fingerprint density at radius 3 is 2.50 bits per heavy atom. The van der Waals surface area contributed by atoms with E-state index in [-0.39, 0.29) is 0 Å². The maximum atomic E-state index is 10.5. The van der Waals surface area contributed by atoms with Gasteiger partial charge < -0.3 is 10.8 Å². The average Bonchev–Trinajstić information content (AvgIpc) is 2.19. The van der Waals surface area contributed by atoms with Crippen LogP contribution in [0.5, 0.6) is 0 Å². The number of thioether (sulfide) groups is 1. The number of carboxylic acid groups (broad SMARTS) is 1. The van der Waals surface area contributed by atoms with Crippen molar-refractivity contribution in [1.82, 2.24) is 0 Å². The SMILES string of the molecule is CSc1ccc(C[C@@H](N)C(=O)O)cc1. The molecule has 4 heteroatoms. The van der Waals surface area contributed by atoms with Crippen molar-refractivity contribution < 1.29 is 9.90 Å². The highest BCUT2D eigenvalue weighted by Gasteiger charge is 2.11. The van der Waals surface area contributed by atoms with E-state index in [1.807, 2.05) is 30.5 Å². The van der Waals surface area contributed by atoms with Crippen LogP contribution < -0.4 is 5.73 Å². The zero-order valence-electron chi connectivity index (χ0n) is 7.93. The molecular formula is C10H13NO2S. The molecule has 76 valence electrons. The standard InChI is InChI=1S/C10H13NO2S/c1-14-8-4-2-7(3-5-8)6-9(11)10(12)13/h2-5,9H,6,11H2,1H3,(H,12,13)/t9-/m1/s1. The lowest BCUT2D eigenvalue weighted by molar-refractivity contribution is -0.138. The largest absolute Gasteiger partial charge is 0.480 e. The van der Waals surface area contributed by atoms with Gasteiger partial charge in [0, 0.05) is 4.90 Å². The van der Waals surface area contributed by atoms with E-state index < -0.39 is 12.0 Å². The second-order valence-electron chi connectivity index (χ2n) is 3.00. The van der Waals surface area contributed by atoms with Gasteiger partial charge in [0.15, 0.2) is 0 Å². The topological polar surface area (TPSA) is 63.3 Å². The highest BCUT2D eigenvalue weighted by atomic mass is 32.2. The third-order valence-corrected chi connectivity index (χ3v) is 2.68. The molecule has 3 nitrogen and oxygen atoms in total. The van der Waals surface area contributed by atoms with Gasteiger partial charge in [-0.05, 0) is 30.4 Å². The first-order chi connectivity index (χ1) is 6.63. The smallest absolute Gasteiger partial charge is 0.320 e. The monoisotopic (exact) mass is 211 g/mol. The van der Waals surface area contributed by atoms with Gasteiger partial charge in [-0.1, -0.05) is 12.1 Å². The Kier molecular flexibility index (Phi) is 3.98. The number of hydrogen-bond acceptors (Lipinski definition) is 3. The van der Waals surface area contributed by atoms with Crippen molar-refractivity contribution in [3.05, 3.63) is 29.8 Å². The minimum absolute atomic E-state index is 0.379. The van der Waals surface area contributed by atoms with Gasteiger partial charge in [-0.15, -0.1) is 11.8 Å². The van der Waals surface area contributed by atoms with E-state index in [1.165, 1.54) is 0 Å². The van der Waals surface area contributed by atoms with E-state index in [0.717, 1.165) is 10.5 Å². The van der Waals surface area contributed by atoms with E-state index in [9.17, 15) is 4.79 Å². The van der Waals surface area contributed by atoms with Gasteiger partial charge >= 0.3 is 5.97 Å². The molecule has 0 bridgehead atoms. The van der Waals surface area contributed by atoms with E-state index >= 15 is 0 Å². The summed E-state index contributed by atoms with van der Waals surface area (Å²) in [6, 6.07) is 6.95. The van der Waals surface area contributed by atoms with Crippen LogP contribution in [0.15, 0.2) is 29.2 Å². The molecule has 0 aromatic heterocycles. The molecule has 0 aliphatic rings. The third-order valence-electron chi connectivity index (χ3n) is 1.93. The minimum Gasteiger partial charge on any atom is -0.480 e. The molecule has 0 amide bonds. The molecule has 1 atom stereocenters. The molecule has 14 heavy (non-hydrogen) atoms. The molecule has 1 rings (SSSR count). The fraction of sp³-hybridized carbons (Fsp3) is 0.300. The number of hydrogen-bond donors (Lipinski definition) is 2. The van der Waals surface area contributed by atoms with Gasteiger partial charge in [0.2, 0.25) is 0 Å². The molecule has 1 aromatic rings. The van der Waals surface area contributed by atoms with Crippen LogP contribution in [0.25, 0.3) is 0 Å². The minimum atomic E-state index is -0.959. The molecular weight excluding hydrogens is 198 g/mol. The van der Waals surface area contributed by atoms with Crippen molar-refractivity contribution in [3.63, 3.8) is 0 Å². The van der Waals surface area contributed by atoms with E-state index in [2.05, 4.69) is 0 Å². The lowest BCUT2D eigenvalue weighted by Gasteiger charge is -2.06. The third kappa shape index (κ3) is 3.05. The molecule has 0 fully saturated rings. The summed E-state index contributed by atoms with van der Waals surface area (Å²) in [5.41, 5.74) is 6.37. The Balaban J connectivity index is 2.64. The summed E-state index contributed by atoms with van der Waals surface area (Å²) in [6.07, 6.45) is 2.38. The van der Waals surface area contributed by atoms with Crippen LogP contribution in [0, 0.1) is 0 Å². The van der Waals surface area contributed by atoms with Crippen LogP contribution in [0.1, 0.15) is 5.56 Å². The molecule has 0 aliphatic heterocycles. The Labute approximate surface area is 87.3 Å². The molecule has 1 aromatic carbocycles. The maximum Gasteiger partial charge on any atom is 0.320 e. The molecule has 0 spiro atoms. The number of nitrogens with two attached hydrogens (primary N) is 1. The Bertz CT molecular complexity index is 310. The zero-order valence-corrected chi connectivity index (χ0v) is 8.75. The molecule has 0 saturated carbocycles. The van der Waals surface area contributed by atoms with Gasteiger partial charge in [0.25, 0.3) is 0 Å². The van der Waals surface area contributed by atoms with Crippen molar-refractivity contribution in [2.24, 2.45) is 5.73 Å². The maximum absolute atomic E-state index is 10.5. The van der Waals surface area contributed by atoms with Crippen LogP contribution in [0.3, 0.4) is 0 Å². The van der Waals surface area contributed by atoms with Crippen molar-refractivity contribution in [2.45, 2.75) is 17.4 Å². The summed E-state index contributed by atoms with van der Waals surface area (Å²) >= 11 is 1.66. The predicted molar refractivity (Wildman–Crippen MR) is 57.5 cm³/mol. The van der Waals surface area contributed by atoms with Crippen molar-refractivity contribution in [3.8, 4) is 0 Å². The lowest BCUT2D eigenvalue weighted by atomic mass is 10.1. The Hall–Kier alpha value is -1.00. The fourth-order valence-corrected chi connectivity index (χ4v) is 1.51. The van der Waals surface area contributed by atoms with Crippen LogP contribution in [-0.2, 0) is 11.2 Å². The zero-order chi connectivity index (χ0) is 10.6.